The predicted molar refractivity (Wildman–Crippen MR) is 63.6 cm³/mol. The summed E-state index contributed by atoms with van der Waals surface area (Å²) in [6.45, 7) is 0. The highest BCUT2D eigenvalue weighted by Gasteiger charge is 2.07. The van der Waals surface area contributed by atoms with Crippen molar-refractivity contribution in [1.29, 1.82) is 0 Å². The van der Waals surface area contributed by atoms with E-state index in [4.69, 9.17) is 0 Å². The van der Waals surface area contributed by atoms with Crippen molar-refractivity contribution < 1.29 is 0 Å². The van der Waals surface area contributed by atoms with E-state index >= 15 is 0 Å². The van der Waals surface area contributed by atoms with Crippen LogP contribution in [0.15, 0.2) is 43.1 Å². The highest BCUT2D eigenvalue weighted by molar-refractivity contribution is 5.97. The molecular weight excluding hydrogens is 214 g/mol. The molecule has 4 aromatic rings. The molecule has 0 saturated carbocycles. The number of hydrogen-bond donors (Lipinski definition) is 0. The van der Waals surface area contributed by atoms with Gasteiger partial charge in [-0.3, -0.25) is 4.98 Å². The second-order valence-electron chi connectivity index (χ2n) is 3.83. The highest BCUT2D eigenvalue weighted by Crippen LogP contribution is 2.21. The van der Waals surface area contributed by atoms with Crippen molar-refractivity contribution in [2.45, 2.75) is 0 Å². The average molecular weight is 221 g/mol. The van der Waals surface area contributed by atoms with Gasteiger partial charge in [-0.1, -0.05) is 0 Å². The fourth-order valence-electron chi connectivity index (χ4n) is 2.01. The van der Waals surface area contributed by atoms with Crippen LogP contribution >= 0.6 is 0 Å². The Morgan fingerprint density at radius 1 is 1.00 bits per heavy atom. The first-order valence-corrected chi connectivity index (χ1v) is 5.25. The lowest BCUT2D eigenvalue weighted by Crippen LogP contribution is -1.85. The SMILES string of the molecule is c1cc2cc3nn4cnccc4c3nc2cn1. The number of aromatic nitrogens is 5. The molecule has 0 amide bonds. The summed E-state index contributed by atoms with van der Waals surface area (Å²) in [5.41, 5.74) is 3.59. The fourth-order valence-corrected chi connectivity index (χ4v) is 2.01. The second-order valence-corrected chi connectivity index (χ2v) is 3.83. The molecule has 0 radical (unpaired) electrons. The van der Waals surface area contributed by atoms with Crippen LogP contribution < -0.4 is 0 Å². The van der Waals surface area contributed by atoms with Crippen molar-refractivity contribution in [2.75, 3.05) is 0 Å². The Labute approximate surface area is 95.8 Å². The zero-order valence-electron chi connectivity index (χ0n) is 8.78. The zero-order chi connectivity index (χ0) is 11.2. The number of pyridine rings is 2. The van der Waals surface area contributed by atoms with Crippen molar-refractivity contribution in [3.63, 3.8) is 0 Å². The average Bonchev–Trinajstić information content (AvgIpc) is 2.73. The van der Waals surface area contributed by atoms with Gasteiger partial charge in [0.25, 0.3) is 0 Å². The molecule has 0 N–H and O–H groups in total. The first-order chi connectivity index (χ1) is 8.42. The summed E-state index contributed by atoms with van der Waals surface area (Å²) < 4.78 is 1.74. The highest BCUT2D eigenvalue weighted by atomic mass is 15.2. The number of fused-ring (bicyclic) bond motifs is 4. The third-order valence-corrected chi connectivity index (χ3v) is 2.80. The van der Waals surface area contributed by atoms with E-state index in [1.807, 2.05) is 18.2 Å². The molecule has 0 aliphatic rings. The summed E-state index contributed by atoms with van der Waals surface area (Å²) in [5, 5.41) is 5.48. The quantitative estimate of drug-likeness (QED) is 0.454. The first-order valence-electron chi connectivity index (χ1n) is 5.25. The third-order valence-electron chi connectivity index (χ3n) is 2.80. The maximum Gasteiger partial charge on any atom is 0.117 e. The third kappa shape index (κ3) is 1.13. The lowest BCUT2D eigenvalue weighted by molar-refractivity contribution is 0.938. The molecule has 0 unspecified atom stereocenters. The summed E-state index contributed by atoms with van der Waals surface area (Å²) in [6, 6.07) is 5.86. The first kappa shape index (κ1) is 8.58. The molecule has 4 rings (SSSR count). The van der Waals surface area contributed by atoms with Crippen molar-refractivity contribution in [3.8, 4) is 0 Å². The van der Waals surface area contributed by atoms with E-state index in [0.717, 1.165) is 27.5 Å². The predicted octanol–water partition coefficient (Wildman–Crippen LogP) is 1.83. The molecule has 0 fully saturated rings. The summed E-state index contributed by atoms with van der Waals surface area (Å²) in [7, 11) is 0. The van der Waals surface area contributed by atoms with E-state index in [9.17, 15) is 0 Å². The van der Waals surface area contributed by atoms with Gasteiger partial charge in [-0.15, -0.1) is 0 Å². The molecule has 0 bridgehead atoms. The van der Waals surface area contributed by atoms with Crippen LogP contribution in [0, 0.1) is 0 Å². The molecule has 5 nitrogen and oxygen atoms in total. The smallest absolute Gasteiger partial charge is 0.117 e. The molecule has 80 valence electrons. The standard InChI is InChI=1S/C12H7N5/c1-3-13-6-10-8(1)5-9-12(15-10)11-2-4-14-7-17(11)16-9/h1-7H. The Kier molecular flexibility index (Phi) is 1.50. The van der Waals surface area contributed by atoms with Crippen molar-refractivity contribution in [3.05, 3.63) is 43.1 Å². The molecule has 0 aromatic carbocycles. The minimum absolute atomic E-state index is 0.872. The Morgan fingerprint density at radius 2 is 1.94 bits per heavy atom. The monoisotopic (exact) mass is 221 g/mol. The number of rotatable bonds is 0. The molecule has 4 aromatic heterocycles. The van der Waals surface area contributed by atoms with Gasteiger partial charge in [-0.25, -0.2) is 14.5 Å². The van der Waals surface area contributed by atoms with Crippen LogP contribution in [0.1, 0.15) is 0 Å². The van der Waals surface area contributed by atoms with Gasteiger partial charge in [0.05, 0.1) is 17.2 Å². The fraction of sp³-hybridized carbons (Fsp3) is 0. The Bertz CT molecular complexity index is 843. The van der Waals surface area contributed by atoms with Crippen LogP contribution in [0.25, 0.3) is 27.5 Å². The van der Waals surface area contributed by atoms with E-state index in [2.05, 4.69) is 20.1 Å². The molecule has 0 atom stereocenters. The Balaban J connectivity index is 2.28. The van der Waals surface area contributed by atoms with Crippen molar-refractivity contribution in [2.24, 2.45) is 0 Å². The van der Waals surface area contributed by atoms with Gasteiger partial charge in [-0.05, 0) is 18.2 Å². The molecule has 0 spiro atoms. The van der Waals surface area contributed by atoms with E-state index < -0.39 is 0 Å². The topological polar surface area (TPSA) is 56.0 Å². The van der Waals surface area contributed by atoms with Crippen LogP contribution in [0.2, 0.25) is 0 Å². The van der Waals surface area contributed by atoms with E-state index in [1.165, 1.54) is 0 Å². The van der Waals surface area contributed by atoms with Gasteiger partial charge < -0.3 is 0 Å². The van der Waals surface area contributed by atoms with E-state index in [-0.39, 0.29) is 0 Å². The number of nitrogens with zero attached hydrogens (tertiary/aromatic N) is 5. The normalized spacial score (nSPS) is 11.5. The van der Waals surface area contributed by atoms with E-state index in [1.54, 1.807) is 29.4 Å². The van der Waals surface area contributed by atoms with Crippen LogP contribution in [0.3, 0.4) is 0 Å². The Hall–Kier alpha value is -2.56. The zero-order valence-corrected chi connectivity index (χ0v) is 8.78. The molecule has 17 heavy (non-hydrogen) atoms. The minimum Gasteiger partial charge on any atom is -0.262 e. The largest absolute Gasteiger partial charge is 0.262 e. The van der Waals surface area contributed by atoms with Crippen molar-refractivity contribution >= 4 is 27.5 Å². The van der Waals surface area contributed by atoms with Gasteiger partial charge in [0, 0.05) is 17.8 Å². The van der Waals surface area contributed by atoms with Crippen LogP contribution in [-0.2, 0) is 0 Å². The minimum atomic E-state index is 0.872. The maximum absolute atomic E-state index is 4.59. The summed E-state index contributed by atoms with van der Waals surface area (Å²) in [6.07, 6.45) is 6.94. The van der Waals surface area contributed by atoms with Gasteiger partial charge in [0.15, 0.2) is 0 Å². The van der Waals surface area contributed by atoms with Gasteiger partial charge in [0.1, 0.15) is 17.4 Å². The summed E-state index contributed by atoms with van der Waals surface area (Å²) in [4.78, 5) is 12.7. The van der Waals surface area contributed by atoms with Crippen LogP contribution in [-0.4, -0.2) is 24.6 Å². The van der Waals surface area contributed by atoms with Crippen molar-refractivity contribution in [1.82, 2.24) is 24.6 Å². The maximum atomic E-state index is 4.59. The molecular formula is C12H7N5. The lowest BCUT2D eigenvalue weighted by atomic mass is 10.2. The molecule has 4 heterocycles. The van der Waals surface area contributed by atoms with Gasteiger partial charge in [0.2, 0.25) is 0 Å². The lowest BCUT2D eigenvalue weighted by Gasteiger charge is -1.95. The van der Waals surface area contributed by atoms with E-state index in [0.29, 0.717) is 0 Å². The summed E-state index contributed by atoms with van der Waals surface area (Å²) >= 11 is 0. The molecule has 0 saturated heterocycles. The summed E-state index contributed by atoms with van der Waals surface area (Å²) in [5.74, 6) is 0. The Morgan fingerprint density at radius 3 is 2.94 bits per heavy atom. The van der Waals surface area contributed by atoms with Crippen LogP contribution in [0.4, 0.5) is 0 Å². The van der Waals surface area contributed by atoms with Gasteiger partial charge >= 0.3 is 0 Å². The van der Waals surface area contributed by atoms with Crippen LogP contribution in [0.5, 0.6) is 0 Å². The van der Waals surface area contributed by atoms with Gasteiger partial charge in [-0.2, -0.15) is 5.10 Å². The number of hydrogen-bond acceptors (Lipinski definition) is 4. The molecule has 0 aliphatic heterocycles. The molecule has 0 aliphatic carbocycles. The molecule has 5 heteroatoms. The second kappa shape index (κ2) is 2.98.